The van der Waals surface area contributed by atoms with E-state index in [1.807, 2.05) is 0 Å². The maximum absolute atomic E-state index is 10.9. The molecule has 0 fully saturated rings. The van der Waals surface area contributed by atoms with E-state index in [0.29, 0.717) is 0 Å². The summed E-state index contributed by atoms with van der Waals surface area (Å²) in [6, 6.07) is 3.81. The Morgan fingerprint density at radius 2 is 1.94 bits per heavy atom. The van der Waals surface area contributed by atoms with Gasteiger partial charge in [-0.15, -0.1) is 0 Å². The third-order valence-electron chi connectivity index (χ3n) is 1.58. The third-order valence-corrected chi connectivity index (χ3v) is 3.49. The standard InChI is InChI=1S/C7H4Cl3NO4S/c8-6-4(7(9)12)2-1-3-5(6)11(10)16(13,14)15/h1-3H,(H,13,14,15). The van der Waals surface area contributed by atoms with Gasteiger partial charge in [-0.25, -0.2) is 0 Å². The van der Waals surface area contributed by atoms with Crippen LogP contribution in [0.4, 0.5) is 5.69 Å². The van der Waals surface area contributed by atoms with Crippen LogP contribution in [-0.2, 0) is 10.3 Å². The second-order valence-corrected chi connectivity index (χ2v) is 5.13. The molecule has 9 heteroatoms. The minimum absolute atomic E-state index is 0.0126. The lowest BCUT2D eigenvalue weighted by molar-refractivity contribution is 0.108. The highest BCUT2D eigenvalue weighted by molar-refractivity contribution is 7.88. The van der Waals surface area contributed by atoms with E-state index < -0.39 is 15.5 Å². The zero-order valence-corrected chi connectivity index (χ0v) is 10.5. The van der Waals surface area contributed by atoms with E-state index in [2.05, 4.69) is 0 Å². The van der Waals surface area contributed by atoms with Crippen LogP contribution in [0, 0.1) is 0 Å². The third kappa shape index (κ3) is 2.78. The number of hydrogen-bond acceptors (Lipinski definition) is 3. The number of halogens is 3. The molecular weight excluding hydrogens is 301 g/mol. The minimum Gasteiger partial charge on any atom is -0.276 e. The largest absolute Gasteiger partial charge is 0.374 e. The Morgan fingerprint density at radius 1 is 1.38 bits per heavy atom. The molecule has 5 nitrogen and oxygen atoms in total. The zero-order chi connectivity index (χ0) is 12.5. The molecule has 1 rings (SSSR count). The van der Waals surface area contributed by atoms with Gasteiger partial charge >= 0.3 is 10.3 Å². The van der Waals surface area contributed by atoms with Crippen molar-refractivity contribution in [3.63, 3.8) is 0 Å². The molecule has 0 aliphatic rings. The number of benzene rings is 1. The van der Waals surface area contributed by atoms with Crippen LogP contribution >= 0.6 is 35.0 Å². The van der Waals surface area contributed by atoms with E-state index in [9.17, 15) is 13.2 Å². The average Bonchev–Trinajstić information content (AvgIpc) is 2.15. The van der Waals surface area contributed by atoms with Gasteiger partial charge in [0.2, 0.25) is 0 Å². The van der Waals surface area contributed by atoms with Crippen LogP contribution in [0.25, 0.3) is 0 Å². The van der Waals surface area contributed by atoms with Gasteiger partial charge in [0.05, 0.1) is 16.3 Å². The minimum atomic E-state index is -4.66. The molecule has 0 unspecified atom stereocenters. The van der Waals surface area contributed by atoms with Gasteiger partial charge in [-0.3, -0.25) is 9.35 Å². The highest BCUT2D eigenvalue weighted by Gasteiger charge is 2.22. The molecule has 88 valence electrons. The number of anilines is 1. The summed E-state index contributed by atoms with van der Waals surface area (Å²) in [6.45, 7) is 0. The molecule has 0 aromatic heterocycles. The first-order valence-corrected chi connectivity index (χ1v) is 6.16. The van der Waals surface area contributed by atoms with Crippen molar-refractivity contribution in [1.82, 2.24) is 0 Å². The fourth-order valence-corrected chi connectivity index (χ4v) is 2.07. The summed E-state index contributed by atoms with van der Waals surface area (Å²) in [4.78, 5) is 10.9. The van der Waals surface area contributed by atoms with Crippen molar-refractivity contribution in [3.8, 4) is 0 Å². The van der Waals surface area contributed by atoms with E-state index >= 15 is 0 Å². The Kier molecular flexibility index (Phi) is 4.03. The monoisotopic (exact) mass is 303 g/mol. The molecule has 0 aliphatic carbocycles. The normalized spacial score (nSPS) is 11.2. The Hall–Kier alpha value is -0.530. The fourth-order valence-electron chi connectivity index (χ4n) is 0.932. The van der Waals surface area contributed by atoms with Crippen molar-refractivity contribution in [1.29, 1.82) is 0 Å². The first-order valence-electron chi connectivity index (χ1n) is 3.67. The van der Waals surface area contributed by atoms with E-state index in [4.69, 9.17) is 39.5 Å². The maximum Gasteiger partial charge on any atom is 0.374 e. The highest BCUT2D eigenvalue weighted by atomic mass is 35.5. The van der Waals surface area contributed by atoms with Crippen LogP contribution in [0.1, 0.15) is 10.4 Å². The smallest absolute Gasteiger partial charge is 0.276 e. The molecule has 1 aromatic rings. The van der Waals surface area contributed by atoms with Crippen molar-refractivity contribution >= 4 is 56.2 Å². The van der Waals surface area contributed by atoms with Gasteiger partial charge in [-0.1, -0.05) is 17.7 Å². The Morgan fingerprint density at radius 3 is 2.38 bits per heavy atom. The molecular formula is C7H4Cl3NO4S. The van der Waals surface area contributed by atoms with Crippen LogP contribution in [0.15, 0.2) is 18.2 Å². The average molecular weight is 305 g/mol. The van der Waals surface area contributed by atoms with Crippen molar-refractivity contribution in [2.75, 3.05) is 3.82 Å². The van der Waals surface area contributed by atoms with Crippen LogP contribution in [-0.4, -0.2) is 18.2 Å². The van der Waals surface area contributed by atoms with Crippen molar-refractivity contribution in [2.45, 2.75) is 0 Å². The number of carbonyl (C=O) groups excluding carboxylic acids is 1. The molecule has 0 radical (unpaired) electrons. The lowest BCUT2D eigenvalue weighted by Crippen LogP contribution is -2.20. The second-order valence-electron chi connectivity index (χ2n) is 2.61. The van der Waals surface area contributed by atoms with Gasteiger partial charge < -0.3 is 0 Å². The maximum atomic E-state index is 10.9. The molecule has 1 N–H and O–H groups in total. The summed E-state index contributed by atoms with van der Waals surface area (Å²) in [7, 11) is -4.66. The molecule has 0 heterocycles. The number of hydrogen-bond donors (Lipinski definition) is 1. The van der Waals surface area contributed by atoms with Gasteiger partial charge in [-0.2, -0.15) is 12.2 Å². The van der Waals surface area contributed by atoms with Crippen LogP contribution in [0.2, 0.25) is 5.02 Å². The predicted octanol–water partition coefficient (Wildman–Crippen LogP) is 2.48. The van der Waals surface area contributed by atoms with Gasteiger partial charge in [-0.05, 0) is 23.7 Å². The van der Waals surface area contributed by atoms with Crippen LogP contribution in [0.5, 0.6) is 0 Å². The molecule has 0 bridgehead atoms. The first-order chi connectivity index (χ1) is 7.25. The lowest BCUT2D eigenvalue weighted by atomic mass is 10.2. The van der Waals surface area contributed by atoms with Gasteiger partial charge in [0, 0.05) is 11.8 Å². The van der Waals surface area contributed by atoms with Crippen LogP contribution < -0.4 is 3.82 Å². The van der Waals surface area contributed by atoms with E-state index in [1.54, 1.807) is 0 Å². The molecule has 0 atom stereocenters. The molecule has 0 saturated carbocycles. The highest BCUT2D eigenvalue weighted by Crippen LogP contribution is 2.32. The number of carbonyl (C=O) groups is 1. The van der Waals surface area contributed by atoms with Crippen molar-refractivity contribution < 1.29 is 17.8 Å². The van der Waals surface area contributed by atoms with E-state index in [-0.39, 0.29) is 20.1 Å². The molecule has 0 aliphatic heterocycles. The van der Waals surface area contributed by atoms with Gasteiger partial charge in [0.15, 0.2) is 0 Å². The van der Waals surface area contributed by atoms with E-state index in [0.717, 1.165) is 0 Å². The molecule has 0 spiro atoms. The number of nitrogens with zero attached hydrogens (tertiary/aromatic N) is 1. The Labute approximate surface area is 107 Å². The second kappa shape index (κ2) is 4.77. The summed E-state index contributed by atoms with van der Waals surface area (Å²) in [5, 5.41) is -1.14. The van der Waals surface area contributed by atoms with Crippen molar-refractivity contribution in [2.24, 2.45) is 0 Å². The molecule has 0 amide bonds. The van der Waals surface area contributed by atoms with Gasteiger partial charge in [0.25, 0.3) is 5.24 Å². The summed E-state index contributed by atoms with van der Waals surface area (Å²) < 4.78 is 30.2. The quantitative estimate of drug-likeness (QED) is 0.529. The van der Waals surface area contributed by atoms with Gasteiger partial charge in [0.1, 0.15) is 0 Å². The Bertz CT molecular complexity index is 530. The molecule has 0 saturated heterocycles. The van der Waals surface area contributed by atoms with Crippen LogP contribution in [0.3, 0.4) is 0 Å². The zero-order valence-electron chi connectivity index (χ0n) is 7.39. The fraction of sp³-hybridized carbons (Fsp3) is 0. The van der Waals surface area contributed by atoms with Crippen molar-refractivity contribution in [3.05, 3.63) is 28.8 Å². The lowest BCUT2D eigenvalue weighted by Gasteiger charge is -2.13. The summed E-state index contributed by atoms with van der Waals surface area (Å²) >= 11 is 16.2. The predicted molar refractivity (Wildman–Crippen MR) is 61.5 cm³/mol. The molecule has 1 aromatic carbocycles. The molecule has 16 heavy (non-hydrogen) atoms. The van der Waals surface area contributed by atoms with E-state index in [1.165, 1.54) is 18.2 Å². The summed E-state index contributed by atoms with van der Waals surface area (Å²) in [5.41, 5.74) is -0.382. The Balaban J connectivity index is 3.37. The summed E-state index contributed by atoms with van der Waals surface area (Å²) in [6.07, 6.45) is 0. The number of rotatable bonds is 3. The first kappa shape index (κ1) is 13.5. The summed E-state index contributed by atoms with van der Waals surface area (Å²) in [5.74, 6) is 0. The SMILES string of the molecule is O=C(Cl)c1cccc(N(Cl)S(=O)(=O)O)c1Cl. The topological polar surface area (TPSA) is 74.7 Å².